The molecule has 5 nitrogen and oxygen atoms in total. The zero-order chi connectivity index (χ0) is 26.7. The van der Waals surface area contributed by atoms with E-state index >= 15 is 0 Å². The first-order chi connectivity index (χ1) is 18.6. The van der Waals surface area contributed by atoms with E-state index in [1.807, 2.05) is 78.9 Å². The Morgan fingerprint density at radius 3 is 2.11 bits per heavy atom. The van der Waals surface area contributed by atoms with Crippen molar-refractivity contribution in [1.29, 1.82) is 5.26 Å². The van der Waals surface area contributed by atoms with E-state index in [9.17, 15) is 14.9 Å². The Kier molecular flexibility index (Phi) is 9.04. The molecule has 4 rings (SSSR count). The first-order valence-electron chi connectivity index (χ1n) is 12.6. The van der Waals surface area contributed by atoms with Crippen molar-refractivity contribution in [2.45, 2.75) is 25.3 Å². The van der Waals surface area contributed by atoms with E-state index in [0.717, 1.165) is 22.3 Å². The number of rotatable bonds is 10. The van der Waals surface area contributed by atoms with Crippen LogP contribution >= 0.6 is 0 Å². The number of hydrogen-bond acceptors (Lipinski definition) is 4. The average Bonchev–Trinajstić information content (AvgIpc) is 2.98. The van der Waals surface area contributed by atoms with Gasteiger partial charge in [0.05, 0.1) is 24.7 Å². The minimum Gasteiger partial charge on any atom is -0.469 e. The van der Waals surface area contributed by atoms with Crippen LogP contribution in [0.3, 0.4) is 0 Å². The molecule has 1 N–H and O–H groups in total. The number of ether oxygens (including phenoxy) is 1. The number of esters is 1. The molecule has 0 bridgehead atoms. The quantitative estimate of drug-likeness (QED) is 0.270. The normalized spacial score (nSPS) is 12.1. The van der Waals surface area contributed by atoms with Gasteiger partial charge in [0, 0.05) is 11.6 Å². The van der Waals surface area contributed by atoms with Gasteiger partial charge in [0.25, 0.3) is 5.91 Å². The van der Waals surface area contributed by atoms with Crippen molar-refractivity contribution in [3.05, 3.63) is 131 Å². The van der Waals surface area contributed by atoms with Crippen molar-refractivity contribution in [2.75, 3.05) is 7.11 Å². The lowest BCUT2D eigenvalue weighted by Crippen LogP contribution is -2.45. The average molecular weight is 503 g/mol. The van der Waals surface area contributed by atoms with E-state index in [-0.39, 0.29) is 5.91 Å². The van der Waals surface area contributed by atoms with Gasteiger partial charge in [-0.05, 0) is 65.8 Å². The highest BCUT2D eigenvalue weighted by Crippen LogP contribution is 2.22. The Hall–Kier alpha value is -4.69. The standard InChI is InChI=1S/C33H30N2O3/c1-38-33(37)30(22-25-11-8-12-26(21-25)23-34)31(20-15-24-9-4-2-5-10-24)35-32(36)29-18-16-28(17-19-29)27-13-6-3-7-14-27/h2-14,16-19,21,30-31H,15,20,22H2,1H3,(H,35,36)/t30-,31-/m1/s1. The molecule has 0 aliphatic heterocycles. The van der Waals surface area contributed by atoms with Gasteiger partial charge in [0.2, 0.25) is 0 Å². The summed E-state index contributed by atoms with van der Waals surface area (Å²) in [6, 6.07) is 36.2. The van der Waals surface area contributed by atoms with E-state index in [1.54, 1.807) is 30.3 Å². The zero-order valence-corrected chi connectivity index (χ0v) is 21.3. The summed E-state index contributed by atoms with van der Waals surface area (Å²) in [5.41, 5.74) is 5.09. The SMILES string of the molecule is COC(=O)[C@H](Cc1cccc(C#N)c1)[C@@H](CCc1ccccc1)NC(=O)c1ccc(-c2ccccc2)cc1. The van der Waals surface area contributed by atoms with Gasteiger partial charge in [-0.3, -0.25) is 9.59 Å². The number of nitrogens with one attached hydrogen (secondary N) is 1. The molecule has 0 unspecified atom stereocenters. The summed E-state index contributed by atoms with van der Waals surface area (Å²) in [6.07, 6.45) is 1.58. The van der Waals surface area contributed by atoms with E-state index < -0.39 is 17.9 Å². The van der Waals surface area contributed by atoms with E-state index in [1.165, 1.54) is 7.11 Å². The lowest BCUT2D eigenvalue weighted by Gasteiger charge is -2.27. The topological polar surface area (TPSA) is 79.2 Å². The molecular weight excluding hydrogens is 472 g/mol. The third-order valence-corrected chi connectivity index (χ3v) is 6.66. The molecule has 4 aromatic carbocycles. The predicted octanol–water partition coefficient (Wildman–Crippen LogP) is 5.99. The second-order valence-corrected chi connectivity index (χ2v) is 9.19. The fraction of sp³-hybridized carbons (Fsp3) is 0.182. The minimum absolute atomic E-state index is 0.248. The van der Waals surface area contributed by atoms with Crippen molar-refractivity contribution >= 4 is 11.9 Å². The largest absolute Gasteiger partial charge is 0.469 e. The summed E-state index contributed by atoms with van der Waals surface area (Å²) in [7, 11) is 1.36. The molecule has 0 radical (unpaired) electrons. The predicted molar refractivity (Wildman–Crippen MR) is 148 cm³/mol. The maximum absolute atomic E-state index is 13.4. The smallest absolute Gasteiger partial charge is 0.311 e. The molecular formula is C33H30N2O3. The number of methoxy groups -OCH3 is 1. The van der Waals surface area contributed by atoms with Gasteiger partial charge in [-0.25, -0.2) is 0 Å². The number of aryl methyl sites for hydroxylation is 1. The highest BCUT2D eigenvalue weighted by molar-refractivity contribution is 5.95. The molecule has 0 saturated heterocycles. The Labute approximate surface area is 223 Å². The third-order valence-electron chi connectivity index (χ3n) is 6.66. The second kappa shape index (κ2) is 13.0. The van der Waals surface area contributed by atoms with Gasteiger partial charge >= 0.3 is 5.97 Å². The Morgan fingerprint density at radius 2 is 1.45 bits per heavy atom. The maximum Gasteiger partial charge on any atom is 0.311 e. The molecule has 4 aromatic rings. The van der Waals surface area contributed by atoms with Crippen LogP contribution in [0.1, 0.15) is 33.5 Å². The van der Waals surface area contributed by atoms with Crippen LogP contribution in [0, 0.1) is 17.2 Å². The minimum atomic E-state index is -0.620. The number of carbonyl (C=O) groups is 2. The Balaban J connectivity index is 1.58. The zero-order valence-electron chi connectivity index (χ0n) is 21.3. The summed E-state index contributed by atoms with van der Waals surface area (Å²) in [5, 5.41) is 12.4. The van der Waals surface area contributed by atoms with Crippen LogP contribution in [-0.4, -0.2) is 25.0 Å². The molecule has 0 fully saturated rings. The van der Waals surface area contributed by atoms with Gasteiger partial charge in [0.15, 0.2) is 0 Å². The van der Waals surface area contributed by atoms with Crippen molar-refractivity contribution in [2.24, 2.45) is 5.92 Å². The molecule has 1 amide bonds. The number of hydrogen-bond donors (Lipinski definition) is 1. The highest BCUT2D eigenvalue weighted by atomic mass is 16.5. The third kappa shape index (κ3) is 6.96. The Bertz CT molecular complexity index is 1390. The summed E-state index contributed by atoms with van der Waals surface area (Å²) in [5.74, 6) is -1.27. The van der Waals surface area contributed by atoms with Crippen molar-refractivity contribution < 1.29 is 14.3 Å². The first kappa shape index (κ1) is 26.4. The molecule has 2 atom stereocenters. The number of carbonyl (C=O) groups excluding carboxylic acids is 2. The summed E-state index contributed by atoms with van der Waals surface area (Å²) in [4.78, 5) is 26.4. The molecule has 5 heteroatoms. The lowest BCUT2D eigenvalue weighted by molar-refractivity contribution is -0.146. The summed E-state index contributed by atoms with van der Waals surface area (Å²) >= 11 is 0. The van der Waals surface area contributed by atoms with Crippen molar-refractivity contribution in [1.82, 2.24) is 5.32 Å². The highest BCUT2D eigenvalue weighted by Gasteiger charge is 2.31. The number of amides is 1. The van der Waals surface area contributed by atoms with Gasteiger partial charge in [-0.2, -0.15) is 5.26 Å². The van der Waals surface area contributed by atoms with Gasteiger partial charge < -0.3 is 10.1 Å². The summed E-state index contributed by atoms with van der Waals surface area (Å²) in [6.45, 7) is 0. The molecule has 0 saturated carbocycles. The lowest BCUT2D eigenvalue weighted by atomic mass is 9.87. The molecule has 0 heterocycles. The molecule has 190 valence electrons. The number of nitrogens with zero attached hydrogens (tertiary/aromatic N) is 1. The van der Waals surface area contributed by atoms with E-state index in [0.29, 0.717) is 30.4 Å². The van der Waals surface area contributed by atoms with E-state index in [2.05, 4.69) is 11.4 Å². The van der Waals surface area contributed by atoms with Crippen LogP contribution in [0.4, 0.5) is 0 Å². The van der Waals surface area contributed by atoms with Crippen LogP contribution in [0.15, 0.2) is 109 Å². The monoisotopic (exact) mass is 502 g/mol. The number of nitriles is 1. The molecule has 0 spiro atoms. The fourth-order valence-corrected chi connectivity index (χ4v) is 4.60. The van der Waals surface area contributed by atoms with Crippen molar-refractivity contribution in [3.63, 3.8) is 0 Å². The van der Waals surface area contributed by atoms with Crippen LogP contribution in [0.2, 0.25) is 0 Å². The molecule has 38 heavy (non-hydrogen) atoms. The van der Waals surface area contributed by atoms with Gasteiger partial charge in [-0.15, -0.1) is 0 Å². The molecule has 0 aliphatic carbocycles. The summed E-state index contributed by atoms with van der Waals surface area (Å²) < 4.78 is 5.17. The molecule has 0 aromatic heterocycles. The van der Waals surface area contributed by atoms with Crippen molar-refractivity contribution in [3.8, 4) is 17.2 Å². The first-order valence-corrected chi connectivity index (χ1v) is 12.6. The maximum atomic E-state index is 13.4. The van der Waals surface area contributed by atoms with Crippen LogP contribution in [0.25, 0.3) is 11.1 Å². The molecule has 0 aliphatic rings. The van der Waals surface area contributed by atoms with Crippen LogP contribution in [-0.2, 0) is 22.4 Å². The fourth-order valence-electron chi connectivity index (χ4n) is 4.60. The second-order valence-electron chi connectivity index (χ2n) is 9.19. The van der Waals surface area contributed by atoms with E-state index in [4.69, 9.17) is 4.74 Å². The Morgan fingerprint density at radius 1 is 0.816 bits per heavy atom. The van der Waals surface area contributed by atoms with Gasteiger partial charge in [0.1, 0.15) is 0 Å². The van der Waals surface area contributed by atoms with Crippen LogP contribution in [0.5, 0.6) is 0 Å². The van der Waals surface area contributed by atoms with Crippen LogP contribution < -0.4 is 5.32 Å². The number of benzene rings is 4. The van der Waals surface area contributed by atoms with Gasteiger partial charge in [-0.1, -0.05) is 84.9 Å².